The highest BCUT2D eigenvalue weighted by atomic mass is 16.3. The molecular weight excluding hydrogens is 282 g/mol. The van der Waals surface area contributed by atoms with Gasteiger partial charge in [-0.1, -0.05) is 42.5 Å². The first-order valence-corrected chi connectivity index (χ1v) is 8.79. The Hall–Kier alpha value is -1.80. The van der Waals surface area contributed by atoms with Crippen molar-refractivity contribution in [2.24, 2.45) is 0 Å². The fraction of sp³-hybridized carbons (Fsp3) is 0.429. The van der Waals surface area contributed by atoms with Crippen LogP contribution in [0.1, 0.15) is 49.7 Å². The maximum Gasteiger partial charge on any atom is 0.115 e. The van der Waals surface area contributed by atoms with Crippen LogP contribution in [0.4, 0.5) is 0 Å². The molecule has 122 valence electrons. The van der Waals surface area contributed by atoms with E-state index in [1.807, 2.05) is 12.1 Å². The van der Waals surface area contributed by atoms with Gasteiger partial charge in [-0.25, -0.2) is 0 Å². The van der Waals surface area contributed by atoms with Gasteiger partial charge in [0.05, 0.1) is 0 Å². The first-order chi connectivity index (χ1) is 11.2. The molecule has 1 aliphatic rings. The van der Waals surface area contributed by atoms with Gasteiger partial charge < -0.3 is 10.4 Å². The van der Waals surface area contributed by atoms with Crippen LogP contribution in [0.5, 0.6) is 5.75 Å². The van der Waals surface area contributed by atoms with Crippen molar-refractivity contribution >= 4 is 0 Å². The summed E-state index contributed by atoms with van der Waals surface area (Å²) in [7, 11) is 0. The van der Waals surface area contributed by atoms with Crippen LogP contribution in [-0.4, -0.2) is 17.2 Å². The minimum absolute atomic E-state index is 0.360. The van der Waals surface area contributed by atoms with Crippen molar-refractivity contribution in [3.8, 4) is 5.75 Å². The Kier molecular flexibility index (Phi) is 5.35. The molecule has 1 fully saturated rings. The number of aromatic hydroxyl groups is 1. The summed E-state index contributed by atoms with van der Waals surface area (Å²) < 4.78 is 0. The molecule has 0 amide bonds. The molecule has 23 heavy (non-hydrogen) atoms. The van der Waals surface area contributed by atoms with Crippen molar-refractivity contribution in [3.05, 3.63) is 65.7 Å². The summed E-state index contributed by atoms with van der Waals surface area (Å²) in [5.74, 6) is 1.01. The Bertz CT molecular complexity index is 585. The van der Waals surface area contributed by atoms with Crippen LogP contribution >= 0.6 is 0 Å². The Labute approximate surface area is 139 Å². The van der Waals surface area contributed by atoms with E-state index < -0.39 is 0 Å². The Morgan fingerprint density at radius 2 is 1.61 bits per heavy atom. The number of benzene rings is 2. The molecule has 2 aromatic carbocycles. The summed E-state index contributed by atoms with van der Waals surface area (Å²) in [5.41, 5.74) is 2.78. The molecule has 1 atom stereocenters. The van der Waals surface area contributed by atoms with Crippen LogP contribution in [0.2, 0.25) is 0 Å². The van der Waals surface area contributed by atoms with Crippen LogP contribution in [0.3, 0.4) is 0 Å². The fourth-order valence-electron chi connectivity index (χ4n) is 3.77. The van der Waals surface area contributed by atoms with Crippen LogP contribution < -0.4 is 5.32 Å². The number of phenols is 1. The zero-order valence-corrected chi connectivity index (χ0v) is 13.9. The normalized spacial score (nSPS) is 22.7. The van der Waals surface area contributed by atoms with E-state index >= 15 is 0 Å². The van der Waals surface area contributed by atoms with Crippen LogP contribution in [0.25, 0.3) is 0 Å². The molecular formula is C21H27NO. The third kappa shape index (κ3) is 4.59. The Morgan fingerprint density at radius 1 is 0.957 bits per heavy atom. The van der Waals surface area contributed by atoms with Crippen molar-refractivity contribution in [2.75, 3.05) is 0 Å². The van der Waals surface area contributed by atoms with Gasteiger partial charge in [0.15, 0.2) is 0 Å². The lowest BCUT2D eigenvalue weighted by atomic mass is 9.81. The second-order valence-electron chi connectivity index (χ2n) is 6.90. The van der Waals surface area contributed by atoms with Gasteiger partial charge in [-0.3, -0.25) is 0 Å². The van der Waals surface area contributed by atoms with E-state index in [2.05, 4.69) is 54.7 Å². The molecule has 0 spiro atoms. The van der Waals surface area contributed by atoms with Gasteiger partial charge in [0.25, 0.3) is 0 Å². The summed E-state index contributed by atoms with van der Waals surface area (Å²) in [6, 6.07) is 19.7. The third-order valence-corrected chi connectivity index (χ3v) is 5.00. The molecule has 0 unspecified atom stereocenters. The van der Waals surface area contributed by atoms with E-state index in [9.17, 15) is 5.11 Å². The van der Waals surface area contributed by atoms with Gasteiger partial charge in [-0.15, -0.1) is 0 Å². The lowest BCUT2D eigenvalue weighted by molar-refractivity contribution is 0.319. The zero-order valence-electron chi connectivity index (χ0n) is 13.9. The topological polar surface area (TPSA) is 32.3 Å². The number of hydrogen-bond acceptors (Lipinski definition) is 2. The molecule has 2 N–H and O–H groups in total. The highest BCUT2D eigenvalue weighted by molar-refractivity contribution is 5.28. The zero-order chi connectivity index (χ0) is 16.1. The lowest BCUT2D eigenvalue weighted by Gasteiger charge is -2.31. The number of nitrogens with one attached hydrogen (secondary N) is 1. The molecule has 1 aliphatic carbocycles. The monoisotopic (exact) mass is 309 g/mol. The van der Waals surface area contributed by atoms with E-state index in [0.29, 0.717) is 23.8 Å². The minimum atomic E-state index is 0.360. The van der Waals surface area contributed by atoms with Crippen molar-refractivity contribution in [2.45, 2.75) is 57.0 Å². The quantitative estimate of drug-likeness (QED) is 0.843. The minimum Gasteiger partial charge on any atom is -0.508 e. The van der Waals surface area contributed by atoms with Crippen molar-refractivity contribution < 1.29 is 5.11 Å². The van der Waals surface area contributed by atoms with E-state index in [-0.39, 0.29) is 0 Å². The largest absolute Gasteiger partial charge is 0.508 e. The Morgan fingerprint density at radius 3 is 2.26 bits per heavy atom. The van der Waals surface area contributed by atoms with Crippen molar-refractivity contribution in [1.82, 2.24) is 5.32 Å². The molecule has 0 saturated heterocycles. The highest BCUT2D eigenvalue weighted by Crippen LogP contribution is 2.33. The van der Waals surface area contributed by atoms with Gasteiger partial charge in [0.2, 0.25) is 0 Å². The standard InChI is InChI=1S/C21H27NO/c1-16(15-17-5-3-2-4-6-17)22-20-11-7-18(8-12-20)19-9-13-21(23)14-10-19/h2-6,9-10,13-14,16,18,20,22-23H,7-8,11-12,15H2,1H3/t16-,18?,20?/m0/s1. The molecule has 0 heterocycles. The number of hydrogen-bond donors (Lipinski definition) is 2. The summed E-state index contributed by atoms with van der Waals surface area (Å²) in [4.78, 5) is 0. The summed E-state index contributed by atoms with van der Waals surface area (Å²) in [6.07, 6.45) is 6.05. The molecule has 1 saturated carbocycles. The molecule has 2 nitrogen and oxygen atoms in total. The Balaban J connectivity index is 1.46. The van der Waals surface area contributed by atoms with Crippen molar-refractivity contribution in [1.29, 1.82) is 0 Å². The smallest absolute Gasteiger partial charge is 0.115 e. The third-order valence-electron chi connectivity index (χ3n) is 5.00. The average molecular weight is 309 g/mol. The van der Waals surface area contributed by atoms with Crippen LogP contribution in [0, 0.1) is 0 Å². The van der Waals surface area contributed by atoms with Gasteiger partial charge in [-0.05, 0) is 68.2 Å². The molecule has 0 aliphatic heterocycles. The second-order valence-corrected chi connectivity index (χ2v) is 6.90. The van der Waals surface area contributed by atoms with E-state index in [0.717, 1.165) is 6.42 Å². The summed E-state index contributed by atoms with van der Waals surface area (Å²) >= 11 is 0. The molecule has 0 aromatic heterocycles. The predicted molar refractivity (Wildman–Crippen MR) is 95.8 cm³/mol. The number of phenolic OH excluding ortho intramolecular Hbond substituents is 1. The lowest BCUT2D eigenvalue weighted by Crippen LogP contribution is -2.39. The summed E-state index contributed by atoms with van der Waals surface area (Å²) in [6.45, 7) is 2.29. The number of rotatable bonds is 5. The van der Waals surface area contributed by atoms with Gasteiger partial charge in [-0.2, -0.15) is 0 Å². The maximum atomic E-state index is 9.41. The van der Waals surface area contributed by atoms with Crippen molar-refractivity contribution in [3.63, 3.8) is 0 Å². The first kappa shape index (κ1) is 16.1. The maximum absolute atomic E-state index is 9.41. The summed E-state index contributed by atoms with van der Waals surface area (Å²) in [5, 5.41) is 13.2. The van der Waals surface area contributed by atoms with E-state index in [4.69, 9.17) is 0 Å². The SMILES string of the molecule is C[C@@H](Cc1ccccc1)NC1CCC(c2ccc(O)cc2)CC1. The van der Waals surface area contributed by atoms with Gasteiger partial charge >= 0.3 is 0 Å². The molecule has 0 radical (unpaired) electrons. The average Bonchev–Trinajstić information content (AvgIpc) is 2.57. The van der Waals surface area contributed by atoms with Gasteiger partial charge in [0, 0.05) is 12.1 Å². The molecule has 0 bridgehead atoms. The molecule has 2 aromatic rings. The second kappa shape index (κ2) is 7.65. The fourth-order valence-corrected chi connectivity index (χ4v) is 3.77. The first-order valence-electron chi connectivity index (χ1n) is 8.79. The van der Waals surface area contributed by atoms with Crippen LogP contribution in [0.15, 0.2) is 54.6 Å². The molecule has 3 rings (SSSR count). The van der Waals surface area contributed by atoms with Crippen LogP contribution in [-0.2, 0) is 6.42 Å². The van der Waals surface area contributed by atoms with E-state index in [1.165, 1.54) is 36.8 Å². The predicted octanol–water partition coefficient (Wildman–Crippen LogP) is 4.64. The van der Waals surface area contributed by atoms with Gasteiger partial charge in [0.1, 0.15) is 5.75 Å². The highest BCUT2D eigenvalue weighted by Gasteiger charge is 2.23. The van der Waals surface area contributed by atoms with E-state index in [1.54, 1.807) is 0 Å². The molecule has 2 heteroatoms.